The quantitative estimate of drug-likeness (QED) is 0.153. The first-order valence-corrected chi connectivity index (χ1v) is 19.5. The van der Waals surface area contributed by atoms with E-state index in [1.807, 2.05) is 42.7 Å². The van der Waals surface area contributed by atoms with Crippen LogP contribution in [0.5, 0.6) is 0 Å². The summed E-state index contributed by atoms with van der Waals surface area (Å²) < 4.78 is 2.39. The number of rotatable bonds is 7. The van der Waals surface area contributed by atoms with E-state index in [-0.39, 0.29) is 0 Å². The molecule has 0 N–H and O–H groups in total. The molecule has 9 aromatic carbocycles. The predicted octanol–water partition coefficient (Wildman–Crippen LogP) is 14.3. The lowest BCUT2D eigenvalue weighted by Gasteiger charge is -2.27. The standard InChI is InChI=1S/C54H34N4/c55-34-36-18-23-44(24-19-36)57(46-32-41(40-12-8-30-56-35-40)31-42(33-46)48-16-6-10-37-9-4-5-15-47(37)48)45-25-20-38(21-26-45)49-28-29-52-54-50(49)27-22-39-11-7-17-51(53(39)54)58(52)43-13-2-1-3-14-43/h1-33,35H. The lowest BCUT2D eigenvalue weighted by molar-refractivity contribution is 1.18. The molecular formula is C54H34N4. The highest BCUT2D eigenvalue weighted by atomic mass is 15.1. The SMILES string of the molecule is N#Cc1ccc(N(c2ccc(-c3ccc4c5c3ccc3cccc(c35)n4-c3ccccc3)cc2)c2cc(-c3cccnc3)cc(-c3cccc4ccccc34)c2)cc1. The molecule has 4 nitrogen and oxygen atoms in total. The Hall–Kier alpha value is -8.00. The summed E-state index contributed by atoms with van der Waals surface area (Å²) in [5, 5.41) is 17.1. The van der Waals surface area contributed by atoms with Crippen LogP contribution in [-0.4, -0.2) is 9.55 Å². The Morgan fingerprint density at radius 3 is 1.97 bits per heavy atom. The van der Waals surface area contributed by atoms with Gasteiger partial charge in [0.15, 0.2) is 0 Å². The van der Waals surface area contributed by atoms with Crippen LogP contribution in [0.3, 0.4) is 0 Å². The van der Waals surface area contributed by atoms with Crippen molar-refractivity contribution < 1.29 is 0 Å². The van der Waals surface area contributed by atoms with E-state index in [2.05, 4.69) is 184 Å². The lowest BCUT2D eigenvalue weighted by atomic mass is 9.94. The number of pyridine rings is 1. The molecule has 0 atom stereocenters. The zero-order valence-electron chi connectivity index (χ0n) is 31.4. The van der Waals surface area contributed by atoms with Gasteiger partial charge in [-0.3, -0.25) is 4.98 Å². The number of hydrogen-bond acceptors (Lipinski definition) is 3. The average Bonchev–Trinajstić information content (AvgIpc) is 3.64. The Labute approximate surface area is 336 Å². The number of aromatic nitrogens is 2. The van der Waals surface area contributed by atoms with E-state index in [9.17, 15) is 5.26 Å². The summed E-state index contributed by atoms with van der Waals surface area (Å²) in [5.41, 5.74) is 13.9. The van der Waals surface area contributed by atoms with Crippen molar-refractivity contribution in [3.8, 4) is 45.1 Å². The van der Waals surface area contributed by atoms with Crippen molar-refractivity contribution in [1.82, 2.24) is 9.55 Å². The Balaban J connectivity index is 1.08. The van der Waals surface area contributed by atoms with Gasteiger partial charge in [-0.05, 0) is 134 Å². The number of nitriles is 1. The maximum Gasteiger partial charge on any atom is 0.0991 e. The molecule has 58 heavy (non-hydrogen) atoms. The molecule has 0 aliphatic rings. The highest BCUT2D eigenvalue weighted by molar-refractivity contribution is 6.26. The normalized spacial score (nSPS) is 11.4. The lowest BCUT2D eigenvalue weighted by Crippen LogP contribution is -2.10. The molecule has 11 rings (SSSR count). The molecule has 2 aromatic heterocycles. The van der Waals surface area contributed by atoms with Gasteiger partial charge in [0.05, 0.1) is 22.7 Å². The van der Waals surface area contributed by atoms with Crippen LogP contribution in [0.4, 0.5) is 17.1 Å². The van der Waals surface area contributed by atoms with E-state index in [1.54, 1.807) is 0 Å². The number of hydrogen-bond donors (Lipinski definition) is 0. The molecule has 0 bridgehead atoms. The van der Waals surface area contributed by atoms with E-state index in [4.69, 9.17) is 0 Å². The van der Waals surface area contributed by atoms with E-state index < -0.39 is 0 Å². The predicted molar refractivity (Wildman–Crippen MR) is 240 cm³/mol. The number of para-hydroxylation sites is 1. The van der Waals surface area contributed by atoms with Crippen LogP contribution in [0.2, 0.25) is 0 Å². The van der Waals surface area contributed by atoms with Gasteiger partial charge in [0.25, 0.3) is 0 Å². The first kappa shape index (κ1) is 33.3. The van der Waals surface area contributed by atoms with Crippen molar-refractivity contribution >= 4 is 60.4 Å². The van der Waals surface area contributed by atoms with Gasteiger partial charge in [-0.1, -0.05) is 109 Å². The summed E-state index contributed by atoms with van der Waals surface area (Å²) in [6.07, 6.45) is 3.73. The largest absolute Gasteiger partial charge is 0.310 e. The molecule has 0 saturated carbocycles. The summed E-state index contributed by atoms with van der Waals surface area (Å²) in [6.45, 7) is 0. The van der Waals surface area contributed by atoms with Gasteiger partial charge >= 0.3 is 0 Å². The maximum absolute atomic E-state index is 9.71. The van der Waals surface area contributed by atoms with Crippen molar-refractivity contribution in [3.63, 3.8) is 0 Å². The molecule has 4 heteroatoms. The Morgan fingerprint density at radius 2 is 1.16 bits per heavy atom. The molecule has 0 aliphatic carbocycles. The Kier molecular flexibility index (Phi) is 7.84. The van der Waals surface area contributed by atoms with Gasteiger partial charge in [-0.2, -0.15) is 5.26 Å². The van der Waals surface area contributed by atoms with E-state index >= 15 is 0 Å². The van der Waals surface area contributed by atoms with Gasteiger partial charge in [0.2, 0.25) is 0 Å². The number of benzene rings is 9. The Bertz CT molecular complexity index is 3320. The molecule has 0 spiro atoms. The van der Waals surface area contributed by atoms with Gasteiger partial charge in [0, 0.05) is 51.5 Å². The number of nitrogens with zero attached hydrogens (tertiary/aromatic N) is 4. The minimum Gasteiger partial charge on any atom is -0.310 e. The van der Waals surface area contributed by atoms with Crippen LogP contribution in [0.25, 0.3) is 82.4 Å². The summed E-state index contributed by atoms with van der Waals surface area (Å²) in [7, 11) is 0. The Morgan fingerprint density at radius 1 is 0.448 bits per heavy atom. The second-order valence-electron chi connectivity index (χ2n) is 14.7. The van der Waals surface area contributed by atoms with Gasteiger partial charge in [0.1, 0.15) is 0 Å². The minimum absolute atomic E-state index is 0.619. The first-order valence-electron chi connectivity index (χ1n) is 19.5. The number of fused-ring (bicyclic) bond motifs is 1. The molecule has 0 fully saturated rings. The molecule has 11 aromatic rings. The van der Waals surface area contributed by atoms with Gasteiger partial charge < -0.3 is 9.47 Å². The van der Waals surface area contributed by atoms with Crippen LogP contribution in [0.1, 0.15) is 5.56 Å². The van der Waals surface area contributed by atoms with E-state index in [0.29, 0.717) is 5.56 Å². The average molecular weight is 739 g/mol. The monoisotopic (exact) mass is 738 g/mol. The highest BCUT2D eigenvalue weighted by Gasteiger charge is 2.20. The third kappa shape index (κ3) is 5.49. The summed E-state index contributed by atoms with van der Waals surface area (Å²) >= 11 is 0. The molecule has 0 unspecified atom stereocenters. The van der Waals surface area contributed by atoms with Crippen LogP contribution < -0.4 is 4.90 Å². The van der Waals surface area contributed by atoms with Crippen LogP contribution in [-0.2, 0) is 0 Å². The molecule has 0 amide bonds. The maximum atomic E-state index is 9.71. The zero-order valence-corrected chi connectivity index (χ0v) is 31.4. The molecule has 0 aliphatic heterocycles. The first-order chi connectivity index (χ1) is 28.7. The van der Waals surface area contributed by atoms with Crippen molar-refractivity contribution in [2.75, 3.05) is 4.90 Å². The molecule has 2 heterocycles. The fraction of sp³-hybridized carbons (Fsp3) is 0. The fourth-order valence-corrected chi connectivity index (χ4v) is 8.79. The van der Waals surface area contributed by atoms with Gasteiger partial charge in [-0.15, -0.1) is 0 Å². The fourth-order valence-electron chi connectivity index (χ4n) is 8.79. The smallest absolute Gasteiger partial charge is 0.0991 e. The second kappa shape index (κ2) is 13.6. The van der Waals surface area contributed by atoms with Crippen LogP contribution in [0, 0.1) is 11.3 Å². The van der Waals surface area contributed by atoms with Crippen LogP contribution >= 0.6 is 0 Å². The van der Waals surface area contributed by atoms with E-state index in [1.165, 1.54) is 48.9 Å². The van der Waals surface area contributed by atoms with E-state index in [0.717, 1.165) is 50.6 Å². The second-order valence-corrected chi connectivity index (χ2v) is 14.7. The molecule has 270 valence electrons. The van der Waals surface area contributed by atoms with Crippen LogP contribution in [0.15, 0.2) is 207 Å². The zero-order chi connectivity index (χ0) is 38.6. The highest BCUT2D eigenvalue weighted by Crippen LogP contribution is 2.44. The number of anilines is 3. The summed E-state index contributed by atoms with van der Waals surface area (Å²) in [6, 6.07) is 71.3. The summed E-state index contributed by atoms with van der Waals surface area (Å²) in [4.78, 5) is 6.77. The molecular weight excluding hydrogens is 705 g/mol. The van der Waals surface area contributed by atoms with Gasteiger partial charge in [-0.25, -0.2) is 0 Å². The molecule has 0 radical (unpaired) electrons. The summed E-state index contributed by atoms with van der Waals surface area (Å²) in [5.74, 6) is 0. The molecule has 0 saturated heterocycles. The third-order valence-electron chi connectivity index (χ3n) is 11.4. The minimum atomic E-state index is 0.619. The topological polar surface area (TPSA) is 44.9 Å². The third-order valence-corrected chi connectivity index (χ3v) is 11.4. The van der Waals surface area contributed by atoms with Crippen molar-refractivity contribution in [1.29, 1.82) is 5.26 Å². The van der Waals surface area contributed by atoms with Crippen molar-refractivity contribution in [3.05, 3.63) is 212 Å². The van der Waals surface area contributed by atoms with Crippen molar-refractivity contribution in [2.45, 2.75) is 0 Å². The van der Waals surface area contributed by atoms with Crippen molar-refractivity contribution in [2.24, 2.45) is 0 Å².